The van der Waals surface area contributed by atoms with Gasteiger partial charge in [-0.1, -0.05) is 68.8 Å². The molecule has 0 spiro atoms. The van der Waals surface area contributed by atoms with Crippen LogP contribution < -0.4 is 5.32 Å². The van der Waals surface area contributed by atoms with E-state index < -0.39 is 18.1 Å². The number of aliphatic carboxylic acids is 1. The lowest BCUT2D eigenvalue weighted by Crippen LogP contribution is -2.50. The predicted octanol–water partition coefficient (Wildman–Crippen LogP) is 4.65. The smallest absolute Gasteiger partial charge is 0.407 e. The number of likely N-dealkylation sites (tertiary alicyclic amines) is 1. The van der Waals surface area contributed by atoms with Gasteiger partial charge in [-0.05, 0) is 46.9 Å². The number of alkyl carbamates (subject to hydrolysis) is 1. The summed E-state index contributed by atoms with van der Waals surface area (Å²) < 4.78 is 5.59. The third-order valence-corrected chi connectivity index (χ3v) is 7.39. The molecule has 0 bridgehead atoms. The zero-order valence-corrected chi connectivity index (χ0v) is 20.4. The highest BCUT2D eigenvalue weighted by molar-refractivity contribution is 5.84. The molecule has 4 rings (SSSR count). The van der Waals surface area contributed by atoms with E-state index in [2.05, 4.69) is 29.6 Å². The maximum Gasteiger partial charge on any atom is 0.407 e. The molecule has 2 aliphatic rings. The Morgan fingerprint density at radius 3 is 2.31 bits per heavy atom. The molecular weight excluding hydrogens is 444 g/mol. The molecule has 1 heterocycles. The van der Waals surface area contributed by atoms with Crippen molar-refractivity contribution in [2.24, 2.45) is 11.8 Å². The van der Waals surface area contributed by atoms with Gasteiger partial charge in [0.15, 0.2) is 0 Å². The minimum Gasteiger partial charge on any atom is -0.480 e. The molecule has 7 nitrogen and oxygen atoms in total. The van der Waals surface area contributed by atoms with Crippen molar-refractivity contribution in [3.05, 3.63) is 59.7 Å². The normalized spacial score (nSPS) is 20.0. The summed E-state index contributed by atoms with van der Waals surface area (Å²) in [4.78, 5) is 38.5. The van der Waals surface area contributed by atoms with Gasteiger partial charge in [0.2, 0.25) is 5.91 Å². The number of carbonyl (C=O) groups excluding carboxylic acids is 2. The Labute approximate surface area is 206 Å². The number of ether oxygens (including phenoxy) is 1. The molecule has 2 aromatic carbocycles. The van der Waals surface area contributed by atoms with Crippen molar-refractivity contribution < 1.29 is 24.2 Å². The number of piperidine rings is 1. The average molecular weight is 479 g/mol. The van der Waals surface area contributed by atoms with Crippen LogP contribution >= 0.6 is 0 Å². The molecule has 1 saturated heterocycles. The zero-order valence-electron chi connectivity index (χ0n) is 20.4. The van der Waals surface area contributed by atoms with Crippen LogP contribution in [0.15, 0.2) is 48.5 Å². The number of nitrogens with zero attached hydrogens (tertiary/aromatic N) is 1. The van der Waals surface area contributed by atoms with Crippen LogP contribution in [0.1, 0.15) is 56.6 Å². The summed E-state index contributed by atoms with van der Waals surface area (Å²) in [7, 11) is 0. The molecule has 186 valence electrons. The van der Waals surface area contributed by atoms with Gasteiger partial charge in [-0.2, -0.15) is 0 Å². The summed E-state index contributed by atoms with van der Waals surface area (Å²) in [5.74, 6) is -0.916. The first-order valence-corrected chi connectivity index (χ1v) is 12.5. The summed E-state index contributed by atoms with van der Waals surface area (Å²) >= 11 is 0. The Morgan fingerprint density at radius 2 is 1.71 bits per heavy atom. The highest BCUT2D eigenvalue weighted by Crippen LogP contribution is 2.44. The average Bonchev–Trinajstić information content (AvgIpc) is 3.18. The van der Waals surface area contributed by atoms with Crippen LogP contribution in [0.3, 0.4) is 0 Å². The molecular formula is C28H34N2O5. The van der Waals surface area contributed by atoms with Gasteiger partial charge in [-0.15, -0.1) is 0 Å². The lowest BCUT2D eigenvalue weighted by atomic mass is 9.91. The third-order valence-electron chi connectivity index (χ3n) is 7.39. The molecule has 2 aromatic rings. The fraction of sp³-hybridized carbons (Fsp3) is 0.464. The predicted molar refractivity (Wildman–Crippen MR) is 133 cm³/mol. The number of amides is 2. The van der Waals surface area contributed by atoms with Gasteiger partial charge in [0.25, 0.3) is 0 Å². The van der Waals surface area contributed by atoms with Gasteiger partial charge in [-0.25, -0.2) is 9.59 Å². The van der Waals surface area contributed by atoms with Gasteiger partial charge in [0.1, 0.15) is 12.6 Å². The maximum absolute atomic E-state index is 12.9. The standard InChI is InChI=1S/C28H34N2O5/c1-3-19(15-26(31)30-13-12-18(2)14-25(30)27(32)33)16-29-28(34)35-17-24-22-10-6-4-8-20(22)21-9-5-7-11-23(21)24/h4-11,18-19,24-25H,3,12-17H2,1-2H3,(H,29,34)(H,32,33). The van der Waals surface area contributed by atoms with Crippen molar-refractivity contribution >= 4 is 18.0 Å². The molecule has 3 unspecified atom stereocenters. The van der Waals surface area contributed by atoms with Crippen LogP contribution in [0.2, 0.25) is 0 Å². The lowest BCUT2D eigenvalue weighted by molar-refractivity contribution is -0.153. The SMILES string of the molecule is CCC(CNC(=O)OCC1c2ccccc2-c2ccccc21)CC(=O)N1CCC(C)CC1C(=O)O. The van der Waals surface area contributed by atoms with Crippen molar-refractivity contribution in [3.63, 3.8) is 0 Å². The van der Waals surface area contributed by atoms with E-state index in [-0.39, 0.29) is 36.7 Å². The monoisotopic (exact) mass is 478 g/mol. The van der Waals surface area contributed by atoms with E-state index in [1.165, 1.54) is 16.0 Å². The first kappa shape index (κ1) is 24.8. The number of carboxylic acid groups (broad SMARTS) is 1. The number of hydrogen-bond donors (Lipinski definition) is 2. The van der Waals surface area contributed by atoms with Crippen LogP contribution in [0, 0.1) is 11.8 Å². The van der Waals surface area contributed by atoms with Crippen molar-refractivity contribution in [1.82, 2.24) is 10.2 Å². The highest BCUT2D eigenvalue weighted by atomic mass is 16.5. The summed E-state index contributed by atoms with van der Waals surface area (Å²) in [6.45, 7) is 4.99. The van der Waals surface area contributed by atoms with Gasteiger partial charge >= 0.3 is 12.1 Å². The van der Waals surface area contributed by atoms with Crippen molar-refractivity contribution in [1.29, 1.82) is 0 Å². The van der Waals surface area contributed by atoms with Crippen LogP contribution in [0.4, 0.5) is 4.79 Å². The Kier molecular flexibility index (Phi) is 7.73. The first-order valence-electron chi connectivity index (χ1n) is 12.5. The molecule has 7 heteroatoms. The second kappa shape index (κ2) is 10.9. The molecule has 0 radical (unpaired) electrons. The van der Waals surface area contributed by atoms with Crippen LogP contribution in [0.5, 0.6) is 0 Å². The Hall–Kier alpha value is -3.35. The van der Waals surface area contributed by atoms with E-state index in [9.17, 15) is 19.5 Å². The number of benzene rings is 2. The lowest BCUT2D eigenvalue weighted by Gasteiger charge is -2.36. The summed E-state index contributed by atoms with van der Waals surface area (Å²) in [6.07, 6.45) is 1.68. The van der Waals surface area contributed by atoms with E-state index in [1.54, 1.807) is 0 Å². The number of carbonyl (C=O) groups is 3. The first-order chi connectivity index (χ1) is 16.9. The highest BCUT2D eigenvalue weighted by Gasteiger charge is 2.35. The molecule has 0 aromatic heterocycles. The van der Waals surface area contributed by atoms with Gasteiger partial charge in [0, 0.05) is 25.4 Å². The Morgan fingerprint density at radius 1 is 1.09 bits per heavy atom. The van der Waals surface area contributed by atoms with E-state index in [4.69, 9.17) is 4.74 Å². The van der Waals surface area contributed by atoms with Gasteiger partial charge < -0.3 is 20.1 Å². The fourth-order valence-corrected chi connectivity index (χ4v) is 5.28. The topological polar surface area (TPSA) is 95.9 Å². The third kappa shape index (κ3) is 5.50. The number of rotatable bonds is 8. The summed E-state index contributed by atoms with van der Waals surface area (Å²) in [6, 6.07) is 15.6. The van der Waals surface area contributed by atoms with E-state index in [1.807, 2.05) is 38.1 Å². The second-order valence-corrected chi connectivity index (χ2v) is 9.76. The molecule has 2 N–H and O–H groups in total. The summed E-state index contributed by atoms with van der Waals surface area (Å²) in [5, 5.41) is 12.4. The Bertz CT molecular complexity index is 1040. The van der Waals surface area contributed by atoms with Crippen molar-refractivity contribution in [2.75, 3.05) is 19.7 Å². The molecule has 1 fully saturated rings. The number of carboxylic acids is 1. The minimum absolute atomic E-state index is 0.00820. The number of nitrogens with one attached hydrogen (secondary N) is 1. The minimum atomic E-state index is -0.949. The van der Waals surface area contributed by atoms with Crippen LogP contribution in [-0.4, -0.2) is 53.7 Å². The van der Waals surface area contributed by atoms with E-state index in [0.717, 1.165) is 17.5 Å². The van der Waals surface area contributed by atoms with Crippen molar-refractivity contribution in [2.45, 2.75) is 51.5 Å². The maximum atomic E-state index is 12.9. The number of hydrogen-bond acceptors (Lipinski definition) is 4. The van der Waals surface area contributed by atoms with Crippen LogP contribution in [0.25, 0.3) is 11.1 Å². The van der Waals surface area contributed by atoms with E-state index in [0.29, 0.717) is 25.9 Å². The van der Waals surface area contributed by atoms with Crippen molar-refractivity contribution in [3.8, 4) is 11.1 Å². The van der Waals surface area contributed by atoms with Gasteiger partial charge in [-0.3, -0.25) is 4.79 Å². The molecule has 1 aliphatic carbocycles. The number of fused-ring (bicyclic) bond motifs is 3. The van der Waals surface area contributed by atoms with Gasteiger partial charge in [0.05, 0.1) is 0 Å². The van der Waals surface area contributed by atoms with E-state index >= 15 is 0 Å². The zero-order chi connectivity index (χ0) is 24.9. The van der Waals surface area contributed by atoms with Crippen LogP contribution in [-0.2, 0) is 14.3 Å². The second-order valence-electron chi connectivity index (χ2n) is 9.76. The molecule has 1 aliphatic heterocycles. The Balaban J connectivity index is 1.30. The molecule has 0 saturated carbocycles. The largest absolute Gasteiger partial charge is 0.480 e. The molecule has 35 heavy (non-hydrogen) atoms. The fourth-order valence-electron chi connectivity index (χ4n) is 5.28. The summed E-state index contributed by atoms with van der Waals surface area (Å²) in [5.41, 5.74) is 4.66. The quantitative estimate of drug-likeness (QED) is 0.576. The molecule has 3 atom stereocenters. The molecule has 2 amide bonds.